The van der Waals surface area contributed by atoms with Gasteiger partial charge in [0.25, 0.3) is 0 Å². The minimum atomic E-state index is -0.452. The highest BCUT2D eigenvalue weighted by atomic mass is 16.5. The third-order valence-electron chi connectivity index (χ3n) is 4.69. The van der Waals surface area contributed by atoms with Gasteiger partial charge in [0, 0.05) is 45.0 Å². The molecule has 2 atom stereocenters. The molecule has 3 rings (SSSR count). The van der Waals surface area contributed by atoms with Crippen LogP contribution in [-0.4, -0.2) is 79.9 Å². The van der Waals surface area contributed by atoms with E-state index >= 15 is 0 Å². The molecule has 0 unspecified atom stereocenters. The second-order valence-corrected chi connectivity index (χ2v) is 6.63. The quantitative estimate of drug-likeness (QED) is 0.777. The molecule has 24 heavy (non-hydrogen) atoms. The maximum atomic E-state index is 10.1. The van der Waals surface area contributed by atoms with Crippen molar-refractivity contribution < 1.29 is 19.7 Å². The SMILES string of the molecule is Oc1ccc(N2CCN(C[C@@H](O)COC[C@@H]3CCCO3)CC2)cc1. The lowest BCUT2D eigenvalue weighted by Gasteiger charge is -2.36. The summed E-state index contributed by atoms with van der Waals surface area (Å²) in [6.45, 7) is 6.14. The highest BCUT2D eigenvalue weighted by Crippen LogP contribution is 2.20. The molecule has 1 aromatic rings. The Morgan fingerprint density at radius 2 is 1.92 bits per heavy atom. The van der Waals surface area contributed by atoms with Crippen molar-refractivity contribution in [3.63, 3.8) is 0 Å². The Labute approximate surface area is 143 Å². The van der Waals surface area contributed by atoms with Crippen LogP contribution in [0.3, 0.4) is 0 Å². The number of phenolic OH excluding ortho intramolecular Hbond substituents is 1. The molecule has 0 bridgehead atoms. The lowest BCUT2D eigenvalue weighted by molar-refractivity contribution is -0.0254. The van der Waals surface area contributed by atoms with Crippen molar-refractivity contribution in [2.75, 3.05) is 57.4 Å². The zero-order valence-corrected chi connectivity index (χ0v) is 14.1. The van der Waals surface area contributed by atoms with Crippen LogP contribution in [0.25, 0.3) is 0 Å². The minimum absolute atomic E-state index is 0.214. The Kier molecular flexibility index (Phi) is 6.31. The molecule has 0 aromatic heterocycles. The number of aliphatic hydroxyl groups is 1. The van der Waals surface area contributed by atoms with Crippen molar-refractivity contribution in [2.45, 2.75) is 25.0 Å². The fraction of sp³-hybridized carbons (Fsp3) is 0.667. The molecule has 6 nitrogen and oxygen atoms in total. The van der Waals surface area contributed by atoms with Crippen molar-refractivity contribution in [2.24, 2.45) is 0 Å². The summed E-state index contributed by atoms with van der Waals surface area (Å²) >= 11 is 0. The van der Waals surface area contributed by atoms with Crippen LogP contribution < -0.4 is 4.90 Å². The number of anilines is 1. The summed E-state index contributed by atoms with van der Waals surface area (Å²) in [6.07, 6.45) is 1.94. The van der Waals surface area contributed by atoms with Crippen LogP contribution in [0.15, 0.2) is 24.3 Å². The molecular weight excluding hydrogens is 308 g/mol. The average molecular weight is 336 g/mol. The molecule has 134 valence electrons. The summed E-state index contributed by atoms with van der Waals surface area (Å²) in [5.74, 6) is 0.295. The standard InChI is InChI=1S/C18H28N2O4/c21-16-5-3-15(4-6-16)20-9-7-19(8-10-20)12-17(22)13-23-14-18-2-1-11-24-18/h3-6,17-18,21-22H,1-2,7-14H2/t17-,18+/m1/s1. The first-order valence-electron chi connectivity index (χ1n) is 8.84. The van der Waals surface area contributed by atoms with Gasteiger partial charge < -0.3 is 24.6 Å². The van der Waals surface area contributed by atoms with Crippen LogP contribution in [-0.2, 0) is 9.47 Å². The van der Waals surface area contributed by atoms with E-state index < -0.39 is 6.10 Å². The topological polar surface area (TPSA) is 65.4 Å². The number of β-amino-alcohol motifs (C(OH)–C–C–N with tert-alkyl or cyclic N) is 1. The van der Waals surface area contributed by atoms with Gasteiger partial charge in [0.15, 0.2) is 0 Å². The van der Waals surface area contributed by atoms with E-state index in [-0.39, 0.29) is 6.10 Å². The molecule has 2 aliphatic rings. The highest BCUT2D eigenvalue weighted by molar-refractivity contribution is 5.49. The van der Waals surface area contributed by atoms with Crippen molar-refractivity contribution >= 4 is 5.69 Å². The van der Waals surface area contributed by atoms with Crippen molar-refractivity contribution in [1.29, 1.82) is 0 Å². The third kappa shape index (κ3) is 5.08. The van der Waals surface area contributed by atoms with E-state index in [2.05, 4.69) is 9.80 Å². The van der Waals surface area contributed by atoms with Crippen molar-refractivity contribution in [3.05, 3.63) is 24.3 Å². The molecule has 1 aromatic carbocycles. The largest absolute Gasteiger partial charge is 0.508 e. The summed E-state index contributed by atoms with van der Waals surface area (Å²) in [7, 11) is 0. The summed E-state index contributed by atoms with van der Waals surface area (Å²) in [4.78, 5) is 4.58. The number of piperazine rings is 1. The fourth-order valence-electron chi connectivity index (χ4n) is 3.31. The maximum absolute atomic E-state index is 10.1. The van der Waals surface area contributed by atoms with Gasteiger partial charge in [-0.3, -0.25) is 4.90 Å². The Hall–Kier alpha value is -1.34. The predicted molar refractivity (Wildman–Crippen MR) is 92.6 cm³/mol. The average Bonchev–Trinajstić information content (AvgIpc) is 3.10. The molecular formula is C18H28N2O4. The Morgan fingerprint density at radius 1 is 1.17 bits per heavy atom. The number of aromatic hydroxyl groups is 1. The van der Waals surface area contributed by atoms with Gasteiger partial charge in [0.1, 0.15) is 5.75 Å². The summed E-state index contributed by atoms with van der Waals surface area (Å²) in [5.41, 5.74) is 1.13. The lowest BCUT2D eigenvalue weighted by atomic mass is 10.2. The number of rotatable bonds is 7. The fourth-order valence-corrected chi connectivity index (χ4v) is 3.31. The predicted octanol–water partition coefficient (Wildman–Crippen LogP) is 1.07. The zero-order chi connectivity index (χ0) is 16.8. The van der Waals surface area contributed by atoms with Crippen molar-refractivity contribution in [3.8, 4) is 5.75 Å². The van der Waals surface area contributed by atoms with Crippen LogP contribution in [0.2, 0.25) is 0 Å². The van der Waals surface area contributed by atoms with E-state index in [1.54, 1.807) is 12.1 Å². The first-order valence-corrected chi connectivity index (χ1v) is 8.84. The van der Waals surface area contributed by atoms with Crippen molar-refractivity contribution in [1.82, 2.24) is 4.90 Å². The maximum Gasteiger partial charge on any atom is 0.115 e. The van der Waals surface area contributed by atoms with Crippen LogP contribution >= 0.6 is 0 Å². The highest BCUT2D eigenvalue weighted by Gasteiger charge is 2.20. The van der Waals surface area contributed by atoms with Crippen LogP contribution in [0.1, 0.15) is 12.8 Å². The van der Waals surface area contributed by atoms with E-state index in [4.69, 9.17) is 9.47 Å². The number of hydrogen-bond acceptors (Lipinski definition) is 6. The number of benzene rings is 1. The van der Waals surface area contributed by atoms with E-state index in [9.17, 15) is 10.2 Å². The van der Waals surface area contributed by atoms with Crippen LogP contribution in [0.5, 0.6) is 5.75 Å². The van der Waals surface area contributed by atoms with Gasteiger partial charge in [0.2, 0.25) is 0 Å². The van der Waals surface area contributed by atoms with E-state index in [0.717, 1.165) is 51.3 Å². The first-order chi connectivity index (χ1) is 11.7. The van der Waals surface area contributed by atoms with Gasteiger partial charge in [-0.05, 0) is 37.1 Å². The molecule has 0 amide bonds. The second kappa shape index (κ2) is 8.67. The van der Waals surface area contributed by atoms with E-state index in [0.29, 0.717) is 25.5 Å². The molecule has 2 fully saturated rings. The lowest BCUT2D eigenvalue weighted by Crippen LogP contribution is -2.49. The molecule has 2 aliphatic heterocycles. The molecule has 0 spiro atoms. The van der Waals surface area contributed by atoms with E-state index in [1.807, 2.05) is 12.1 Å². The smallest absolute Gasteiger partial charge is 0.115 e. The second-order valence-electron chi connectivity index (χ2n) is 6.63. The zero-order valence-electron chi connectivity index (χ0n) is 14.1. The van der Waals surface area contributed by atoms with Gasteiger partial charge in [0.05, 0.1) is 25.4 Å². The van der Waals surface area contributed by atoms with Gasteiger partial charge in [-0.15, -0.1) is 0 Å². The first kappa shape index (κ1) is 17.5. The Morgan fingerprint density at radius 3 is 2.58 bits per heavy atom. The number of phenols is 1. The molecule has 2 N–H and O–H groups in total. The molecule has 0 saturated carbocycles. The third-order valence-corrected chi connectivity index (χ3v) is 4.69. The summed E-state index contributed by atoms with van der Waals surface area (Å²) < 4.78 is 11.1. The monoisotopic (exact) mass is 336 g/mol. The molecule has 0 aliphatic carbocycles. The van der Waals surface area contributed by atoms with Crippen LogP contribution in [0.4, 0.5) is 5.69 Å². The molecule has 6 heteroatoms. The van der Waals surface area contributed by atoms with Gasteiger partial charge in [-0.1, -0.05) is 0 Å². The molecule has 2 saturated heterocycles. The number of nitrogens with zero attached hydrogens (tertiary/aromatic N) is 2. The Balaban J connectivity index is 1.33. The molecule has 2 heterocycles. The minimum Gasteiger partial charge on any atom is -0.508 e. The van der Waals surface area contributed by atoms with E-state index in [1.165, 1.54) is 0 Å². The Bertz CT molecular complexity index is 482. The van der Waals surface area contributed by atoms with Crippen LogP contribution in [0, 0.1) is 0 Å². The van der Waals surface area contributed by atoms with Gasteiger partial charge >= 0.3 is 0 Å². The number of hydrogen-bond donors (Lipinski definition) is 2. The number of aliphatic hydroxyl groups excluding tert-OH is 1. The number of ether oxygens (including phenoxy) is 2. The van der Waals surface area contributed by atoms with Gasteiger partial charge in [-0.2, -0.15) is 0 Å². The molecule has 0 radical (unpaired) electrons. The normalized spacial score (nSPS) is 23.5. The summed E-state index contributed by atoms with van der Waals surface area (Å²) in [5, 5.41) is 19.5. The summed E-state index contributed by atoms with van der Waals surface area (Å²) in [6, 6.07) is 7.32. The van der Waals surface area contributed by atoms with Gasteiger partial charge in [-0.25, -0.2) is 0 Å².